The number of carbonyl (C=O) groups excluding carboxylic acids is 1. The van der Waals surface area contributed by atoms with E-state index in [4.69, 9.17) is 0 Å². The molecule has 4 heteroatoms. The summed E-state index contributed by atoms with van der Waals surface area (Å²) < 4.78 is 0. The topological polar surface area (TPSA) is 35.6 Å². The number of rotatable bonds is 2. The van der Waals surface area contributed by atoms with E-state index >= 15 is 0 Å². The fraction of sp³-hybridized carbons (Fsp3) is 0.900. The molecule has 4 nitrogen and oxygen atoms in total. The quantitative estimate of drug-likeness (QED) is 0.699. The van der Waals surface area contributed by atoms with Gasteiger partial charge < -0.3 is 15.1 Å². The van der Waals surface area contributed by atoms with Crippen LogP contribution in [0.25, 0.3) is 0 Å². The van der Waals surface area contributed by atoms with E-state index in [0.29, 0.717) is 12.1 Å². The van der Waals surface area contributed by atoms with Gasteiger partial charge in [-0.05, 0) is 20.3 Å². The first-order chi connectivity index (χ1) is 6.76. The maximum Gasteiger partial charge on any atom is 0.320 e. The zero-order chi connectivity index (χ0) is 10.1. The van der Waals surface area contributed by atoms with Crippen LogP contribution in [0.2, 0.25) is 0 Å². The molecule has 2 unspecified atom stereocenters. The minimum absolute atomic E-state index is 0.226. The van der Waals surface area contributed by atoms with Crippen LogP contribution in [0.4, 0.5) is 4.79 Å². The lowest BCUT2D eigenvalue weighted by Crippen LogP contribution is -2.51. The van der Waals surface area contributed by atoms with Gasteiger partial charge in [0.25, 0.3) is 0 Å². The molecule has 80 valence electrons. The number of fused-ring (bicyclic) bond motifs is 2. The second kappa shape index (κ2) is 3.77. The maximum atomic E-state index is 12.0. The highest BCUT2D eigenvalue weighted by atomic mass is 16.2. The molecule has 2 saturated heterocycles. The first kappa shape index (κ1) is 9.77. The smallest absolute Gasteiger partial charge is 0.320 e. The summed E-state index contributed by atoms with van der Waals surface area (Å²) in [5.41, 5.74) is 0. The fourth-order valence-corrected chi connectivity index (χ4v) is 2.47. The highest BCUT2D eigenvalue weighted by molar-refractivity contribution is 5.75. The van der Waals surface area contributed by atoms with Gasteiger partial charge in [0.15, 0.2) is 0 Å². The fourth-order valence-electron chi connectivity index (χ4n) is 2.47. The number of urea groups is 1. The van der Waals surface area contributed by atoms with Gasteiger partial charge in [0.2, 0.25) is 0 Å². The third kappa shape index (κ3) is 1.47. The average Bonchev–Trinajstić information content (AvgIpc) is 2.80. The SMILES string of the molecule is CCN(CC)C(=O)N1CC2CC1CN2. The molecule has 2 atom stereocenters. The van der Waals surface area contributed by atoms with Crippen molar-refractivity contribution in [2.45, 2.75) is 32.4 Å². The summed E-state index contributed by atoms with van der Waals surface area (Å²) in [5, 5.41) is 3.40. The van der Waals surface area contributed by atoms with E-state index in [9.17, 15) is 4.79 Å². The van der Waals surface area contributed by atoms with E-state index in [0.717, 1.165) is 32.6 Å². The number of amides is 2. The molecule has 0 spiro atoms. The molecule has 2 rings (SSSR count). The van der Waals surface area contributed by atoms with E-state index in [1.54, 1.807) is 0 Å². The molecule has 0 aliphatic carbocycles. The molecule has 14 heavy (non-hydrogen) atoms. The first-order valence-corrected chi connectivity index (χ1v) is 5.55. The van der Waals surface area contributed by atoms with Crippen molar-refractivity contribution in [1.82, 2.24) is 15.1 Å². The standard InChI is InChI=1S/C10H19N3O/c1-3-12(4-2)10(14)13-7-8-5-9(13)6-11-8/h8-9,11H,3-7H2,1-2H3. The Labute approximate surface area is 85.2 Å². The van der Waals surface area contributed by atoms with E-state index < -0.39 is 0 Å². The highest BCUT2D eigenvalue weighted by Gasteiger charge is 2.40. The summed E-state index contributed by atoms with van der Waals surface area (Å²) >= 11 is 0. The Morgan fingerprint density at radius 1 is 1.50 bits per heavy atom. The Morgan fingerprint density at radius 2 is 2.21 bits per heavy atom. The minimum atomic E-state index is 0.226. The zero-order valence-electron chi connectivity index (χ0n) is 8.99. The third-order valence-electron chi connectivity index (χ3n) is 3.34. The second-order valence-electron chi connectivity index (χ2n) is 4.10. The molecule has 0 saturated carbocycles. The van der Waals surface area contributed by atoms with Crippen molar-refractivity contribution in [3.63, 3.8) is 0 Å². The van der Waals surface area contributed by atoms with Gasteiger partial charge >= 0.3 is 6.03 Å². The van der Waals surface area contributed by atoms with Crippen LogP contribution in [0.5, 0.6) is 0 Å². The molecule has 2 fully saturated rings. The summed E-state index contributed by atoms with van der Waals surface area (Å²) in [4.78, 5) is 16.0. The molecule has 1 N–H and O–H groups in total. The van der Waals surface area contributed by atoms with Crippen LogP contribution in [-0.4, -0.2) is 54.1 Å². The molecule has 2 aliphatic heterocycles. The molecular formula is C10H19N3O. The Hall–Kier alpha value is -0.770. The summed E-state index contributed by atoms with van der Waals surface area (Å²) in [6, 6.07) is 1.23. The van der Waals surface area contributed by atoms with Crippen LogP contribution in [-0.2, 0) is 0 Å². The van der Waals surface area contributed by atoms with Gasteiger partial charge in [0, 0.05) is 38.3 Å². The number of likely N-dealkylation sites (tertiary alicyclic amines) is 1. The van der Waals surface area contributed by atoms with Gasteiger partial charge in [0.1, 0.15) is 0 Å². The summed E-state index contributed by atoms with van der Waals surface area (Å²) in [7, 11) is 0. The van der Waals surface area contributed by atoms with Gasteiger partial charge in [-0.2, -0.15) is 0 Å². The zero-order valence-corrected chi connectivity index (χ0v) is 8.99. The van der Waals surface area contributed by atoms with Gasteiger partial charge in [-0.3, -0.25) is 0 Å². The average molecular weight is 197 g/mol. The predicted octanol–water partition coefficient (Wildman–Crippen LogP) is 0.494. The van der Waals surface area contributed by atoms with Gasteiger partial charge in [-0.1, -0.05) is 0 Å². The molecule has 0 aromatic heterocycles. The Morgan fingerprint density at radius 3 is 2.64 bits per heavy atom. The first-order valence-electron chi connectivity index (χ1n) is 5.55. The van der Waals surface area contributed by atoms with Crippen LogP contribution < -0.4 is 5.32 Å². The number of nitrogens with zero attached hydrogens (tertiary/aromatic N) is 2. The number of nitrogens with one attached hydrogen (secondary N) is 1. The van der Waals surface area contributed by atoms with Crippen molar-refractivity contribution in [3.8, 4) is 0 Å². The van der Waals surface area contributed by atoms with Crippen LogP contribution >= 0.6 is 0 Å². The Bertz CT molecular complexity index is 227. The monoisotopic (exact) mass is 197 g/mol. The molecule has 0 aromatic carbocycles. The normalized spacial score (nSPS) is 29.7. The molecule has 2 bridgehead atoms. The van der Waals surface area contributed by atoms with Crippen LogP contribution in [0.3, 0.4) is 0 Å². The molecule has 2 aliphatic rings. The highest BCUT2D eigenvalue weighted by Crippen LogP contribution is 2.24. The lowest BCUT2D eigenvalue weighted by Gasteiger charge is -2.32. The summed E-state index contributed by atoms with van der Waals surface area (Å²) in [5.74, 6) is 0. The lowest BCUT2D eigenvalue weighted by molar-refractivity contribution is 0.146. The summed E-state index contributed by atoms with van der Waals surface area (Å²) in [6.45, 7) is 7.59. The van der Waals surface area contributed by atoms with Gasteiger partial charge in [-0.25, -0.2) is 4.79 Å². The Balaban J connectivity index is 1.98. The van der Waals surface area contributed by atoms with Crippen molar-refractivity contribution >= 4 is 6.03 Å². The van der Waals surface area contributed by atoms with Gasteiger partial charge in [0.05, 0.1) is 0 Å². The predicted molar refractivity (Wildman–Crippen MR) is 55.2 cm³/mol. The van der Waals surface area contributed by atoms with Crippen LogP contribution in [0.1, 0.15) is 20.3 Å². The van der Waals surface area contributed by atoms with E-state index in [1.165, 1.54) is 0 Å². The minimum Gasteiger partial charge on any atom is -0.325 e. The van der Waals surface area contributed by atoms with E-state index in [2.05, 4.69) is 5.32 Å². The van der Waals surface area contributed by atoms with Crippen LogP contribution in [0, 0.1) is 0 Å². The molecule has 0 aromatic rings. The number of hydrogen-bond acceptors (Lipinski definition) is 2. The van der Waals surface area contributed by atoms with Gasteiger partial charge in [-0.15, -0.1) is 0 Å². The van der Waals surface area contributed by atoms with E-state index in [1.807, 2.05) is 23.6 Å². The van der Waals surface area contributed by atoms with Crippen LogP contribution in [0.15, 0.2) is 0 Å². The Kier molecular flexibility index (Phi) is 2.63. The van der Waals surface area contributed by atoms with Crippen molar-refractivity contribution < 1.29 is 4.79 Å². The molecule has 2 amide bonds. The summed E-state index contributed by atoms with van der Waals surface area (Å²) in [6.07, 6.45) is 1.15. The maximum absolute atomic E-state index is 12.0. The lowest BCUT2D eigenvalue weighted by atomic mass is 10.2. The number of hydrogen-bond donors (Lipinski definition) is 1. The van der Waals surface area contributed by atoms with E-state index in [-0.39, 0.29) is 6.03 Å². The van der Waals surface area contributed by atoms with Crippen molar-refractivity contribution in [1.29, 1.82) is 0 Å². The number of piperazine rings is 1. The molecule has 2 heterocycles. The van der Waals surface area contributed by atoms with Crippen molar-refractivity contribution in [3.05, 3.63) is 0 Å². The largest absolute Gasteiger partial charge is 0.325 e. The van der Waals surface area contributed by atoms with Crippen molar-refractivity contribution in [2.24, 2.45) is 0 Å². The second-order valence-corrected chi connectivity index (χ2v) is 4.10. The van der Waals surface area contributed by atoms with Crippen molar-refractivity contribution in [2.75, 3.05) is 26.2 Å². The molecule has 0 radical (unpaired) electrons. The number of carbonyl (C=O) groups is 1. The molecular weight excluding hydrogens is 178 g/mol. The third-order valence-corrected chi connectivity index (χ3v) is 3.34.